The lowest BCUT2D eigenvalue weighted by molar-refractivity contribution is 0.0950. The highest BCUT2D eigenvalue weighted by Gasteiger charge is 2.16. The molecule has 0 unspecified atom stereocenters. The molecule has 0 aliphatic rings. The number of anilines is 1. The van der Waals surface area contributed by atoms with Crippen LogP contribution in [0.25, 0.3) is 0 Å². The van der Waals surface area contributed by atoms with E-state index in [2.05, 4.69) is 10.0 Å². The van der Waals surface area contributed by atoms with Gasteiger partial charge in [0.1, 0.15) is 5.75 Å². The van der Waals surface area contributed by atoms with Crippen LogP contribution in [0.2, 0.25) is 0 Å². The van der Waals surface area contributed by atoms with Crippen LogP contribution in [0, 0.1) is 0 Å². The number of rotatable bonds is 9. The van der Waals surface area contributed by atoms with E-state index in [1.165, 1.54) is 39.5 Å². The first-order valence-corrected chi connectivity index (χ1v) is 11.1. The summed E-state index contributed by atoms with van der Waals surface area (Å²) in [6, 6.07) is 17.7. The fourth-order valence-electron chi connectivity index (χ4n) is 3.05. The van der Waals surface area contributed by atoms with E-state index in [1.54, 1.807) is 48.5 Å². The second kappa shape index (κ2) is 10.1. The molecule has 0 spiro atoms. The van der Waals surface area contributed by atoms with Crippen molar-refractivity contribution in [3.8, 4) is 17.2 Å². The number of carbonyl (C=O) groups is 1. The first-order chi connectivity index (χ1) is 15.4. The van der Waals surface area contributed by atoms with Gasteiger partial charge in [0.2, 0.25) is 0 Å². The number of benzene rings is 3. The average Bonchev–Trinajstić information content (AvgIpc) is 2.82. The molecule has 0 aliphatic carbocycles. The highest BCUT2D eigenvalue weighted by atomic mass is 32.2. The lowest BCUT2D eigenvalue weighted by Crippen LogP contribution is -2.23. The maximum absolute atomic E-state index is 12.7. The van der Waals surface area contributed by atoms with Gasteiger partial charge in [0.05, 0.1) is 26.2 Å². The Labute approximate surface area is 187 Å². The Hall–Kier alpha value is -3.72. The van der Waals surface area contributed by atoms with Gasteiger partial charge in [-0.1, -0.05) is 24.3 Å². The van der Waals surface area contributed by atoms with Crippen LogP contribution >= 0.6 is 0 Å². The van der Waals surface area contributed by atoms with Crippen molar-refractivity contribution in [3.63, 3.8) is 0 Å². The van der Waals surface area contributed by atoms with Crippen LogP contribution < -0.4 is 24.2 Å². The third-order valence-corrected chi connectivity index (χ3v) is 6.05. The molecule has 0 heterocycles. The van der Waals surface area contributed by atoms with Crippen molar-refractivity contribution in [2.24, 2.45) is 0 Å². The molecule has 0 saturated carbocycles. The highest BCUT2D eigenvalue weighted by Crippen LogP contribution is 2.34. The minimum absolute atomic E-state index is 0.135. The molecular formula is C23H24N2O6S. The maximum Gasteiger partial charge on any atom is 0.261 e. The van der Waals surface area contributed by atoms with E-state index in [1.807, 2.05) is 0 Å². The number of sulfonamides is 1. The third-order valence-electron chi connectivity index (χ3n) is 4.66. The van der Waals surface area contributed by atoms with Gasteiger partial charge in [0.15, 0.2) is 11.5 Å². The zero-order valence-corrected chi connectivity index (χ0v) is 18.7. The molecule has 3 aromatic carbocycles. The SMILES string of the molecule is COc1cc(OC)c(OC)cc1CNC(=O)c1cccc(NS(=O)(=O)c2ccccc2)c1. The summed E-state index contributed by atoms with van der Waals surface area (Å²) in [7, 11) is 0.812. The van der Waals surface area contributed by atoms with E-state index in [4.69, 9.17) is 14.2 Å². The van der Waals surface area contributed by atoms with Crippen molar-refractivity contribution in [1.82, 2.24) is 5.32 Å². The summed E-state index contributed by atoms with van der Waals surface area (Å²) in [6.45, 7) is 0.169. The van der Waals surface area contributed by atoms with Gasteiger partial charge in [-0.05, 0) is 36.4 Å². The summed E-state index contributed by atoms with van der Waals surface area (Å²) in [4.78, 5) is 12.8. The smallest absolute Gasteiger partial charge is 0.261 e. The Morgan fingerprint density at radius 1 is 0.812 bits per heavy atom. The normalized spacial score (nSPS) is 10.8. The number of hydrogen-bond donors (Lipinski definition) is 2. The zero-order chi connectivity index (χ0) is 23.1. The van der Waals surface area contributed by atoms with Crippen LogP contribution in [-0.4, -0.2) is 35.7 Å². The number of carbonyl (C=O) groups excluding carboxylic acids is 1. The predicted octanol–water partition coefficient (Wildman–Crippen LogP) is 3.44. The Kier molecular flexibility index (Phi) is 7.21. The maximum atomic E-state index is 12.7. The van der Waals surface area contributed by atoms with Crippen LogP contribution in [0.4, 0.5) is 5.69 Å². The zero-order valence-electron chi connectivity index (χ0n) is 17.9. The van der Waals surface area contributed by atoms with E-state index in [0.29, 0.717) is 28.4 Å². The Morgan fingerprint density at radius 2 is 1.47 bits per heavy atom. The lowest BCUT2D eigenvalue weighted by atomic mass is 10.1. The molecule has 3 rings (SSSR count). The number of nitrogens with one attached hydrogen (secondary N) is 2. The minimum atomic E-state index is -3.76. The minimum Gasteiger partial charge on any atom is -0.496 e. The molecule has 0 bridgehead atoms. The lowest BCUT2D eigenvalue weighted by Gasteiger charge is -2.15. The monoisotopic (exact) mass is 456 g/mol. The van der Waals surface area contributed by atoms with Crippen LogP contribution in [0.15, 0.2) is 71.6 Å². The van der Waals surface area contributed by atoms with E-state index >= 15 is 0 Å². The Balaban J connectivity index is 1.74. The van der Waals surface area contributed by atoms with Gasteiger partial charge >= 0.3 is 0 Å². The van der Waals surface area contributed by atoms with Crippen LogP contribution in [-0.2, 0) is 16.6 Å². The summed E-state index contributed by atoms with van der Waals surface area (Å²) in [6.07, 6.45) is 0. The van der Waals surface area contributed by atoms with Crippen molar-refractivity contribution in [1.29, 1.82) is 0 Å². The van der Waals surface area contributed by atoms with Crippen LogP contribution in [0.3, 0.4) is 0 Å². The summed E-state index contributed by atoms with van der Waals surface area (Å²) in [5, 5.41) is 2.81. The molecule has 0 saturated heterocycles. The van der Waals surface area contributed by atoms with Gasteiger partial charge in [0.25, 0.3) is 15.9 Å². The Bertz CT molecular complexity index is 1200. The fraction of sp³-hybridized carbons (Fsp3) is 0.174. The van der Waals surface area contributed by atoms with Gasteiger partial charge in [0, 0.05) is 29.4 Å². The molecule has 168 valence electrons. The number of ether oxygens (including phenoxy) is 3. The molecule has 0 fully saturated rings. The summed E-state index contributed by atoms with van der Waals surface area (Å²) in [5.74, 6) is 1.18. The highest BCUT2D eigenvalue weighted by molar-refractivity contribution is 7.92. The van der Waals surface area contributed by atoms with E-state index < -0.39 is 10.0 Å². The number of amides is 1. The summed E-state index contributed by atoms with van der Waals surface area (Å²) in [5.41, 5.74) is 1.28. The van der Waals surface area contributed by atoms with Crippen molar-refractivity contribution < 1.29 is 27.4 Å². The van der Waals surface area contributed by atoms with Gasteiger partial charge in [-0.2, -0.15) is 0 Å². The fourth-order valence-corrected chi connectivity index (χ4v) is 4.12. The number of hydrogen-bond acceptors (Lipinski definition) is 6. The molecule has 1 amide bonds. The predicted molar refractivity (Wildman–Crippen MR) is 121 cm³/mol. The summed E-state index contributed by atoms with van der Waals surface area (Å²) >= 11 is 0. The second-order valence-electron chi connectivity index (χ2n) is 6.70. The van der Waals surface area contributed by atoms with Gasteiger partial charge in [-0.15, -0.1) is 0 Å². The molecule has 9 heteroatoms. The van der Waals surface area contributed by atoms with Crippen LogP contribution in [0.5, 0.6) is 17.2 Å². The first-order valence-electron chi connectivity index (χ1n) is 9.63. The van der Waals surface area contributed by atoms with E-state index in [-0.39, 0.29) is 23.0 Å². The molecule has 2 N–H and O–H groups in total. The quantitative estimate of drug-likeness (QED) is 0.511. The van der Waals surface area contributed by atoms with Crippen molar-refractivity contribution in [2.45, 2.75) is 11.4 Å². The number of methoxy groups -OCH3 is 3. The first kappa shape index (κ1) is 23.0. The molecule has 0 atom stereocenters. The largest absolute Gasteiger partial charge is 0.496 e. The molecule has 0 aromatic heterocycles. The molecule has 32 heavy (non-hydrogen) atoms. The average molecular weight is 457 g/mol. The van der Waals surface area contributed by atoms with Gasteiger partial charge in [-0.3, -0.25) is 9.52 Å². The topological polar surface area (TPSA) is 103 Å². The Morgan fingerprint density at radius 3 is 2.12 bits per heavy atom. The van der Waals surface area contributed by atoms with Gasteiger partial charge in [-0.25, -0.2) is 8.42 Å². The van der Waals surface area contributed by atoms with Crippen molar-refractivity contribution in [3.05, 3.63) is 77.9 Å². The van der Waals surface area contributed by atoms with Crippen LogP contribution in [0.1, 0.15) is 15.9 Å². The van der Waals surface area contributed by atoms with E-state index in [9.17, 15) is 13.2 Å². The molecule has 0 radical (unpaired) electrons. The third kappa shape index (κ3) is 5.30. The second-order valence-corrected chi connectivity index (χ2v) is 8.38. The summed E-state index contributed by atoms with van der Waals surface area (Å²) < 4.78 is 43.5. The van der Waals surface area contributed by atoms with E-state index in [0.717, 1.165) is 0 Å². The van der Waals surface area contributed by atoms with Gasteiger partial charge < -0.3 is 19.5 Å². The molecule has 8 nitrogen and oxygen atoms in total. The molecule has 3 aromatic rings. The molecule has 0 aliphatic heterocycles. The van der Waals surface area contributed by atoms with Crippen molar-refractivity contribution >= 4 is 21.6 Å². The van der Waals surface area contributed by atoms with Crippen molar-refractivity contribution in [2.75, 3.05) is 26.1 Å². The standard InChI is InChI=1S/C23H24N2O6S/c1-29-20-14-22(31-3)21(30-2)13-17(20)15-24-23(26)16-8-7-9-18(12-16)25-32(27,28)19-10-5-4-6-11-19/h4-14,25H,15H2,1-3H3,(H,24,26). The molecular weight excluding hydrogens is 432 g/mol.